The van der Waals surface area contributed by atoms with Crippen molar-refractivity contribution < 1.29 is 17.9 Å². The van der Waals surface area contributed by atoms with E-state index in [1.807, 2.05) is 12.1 Å². The first-order valence-corrected chi connectivity index (χ1v) is 16.8. The monoisotopic (exact) mass is 570 g/mol. The zero-order chi connectivity index (χ0) is 28.4. The van der Waals surface area contributed by atoms with Crippen molar-refractivity contribution in [2.24, 2.45) is 5.92 Å². The molecule has 2 fully saturated rings. The van der Waals surface area contributed by atoms with Gasteiger partial charge in [-0.2, -0.15) is 0 Å². The number of carbonyl (C=O) groups is 1. The van der Waals surface area contributed by atoms with Gasteiger partial charge in [-0.1, -0.05) is 44.7 Å². The van der Waals surface area contributed by atoms with Crippen LogP contribution in [0.1, 0.15) is 70.3 Å². The topological polar surface area (TPSA) is 91.0 Å². The molecule has 1 saturated carbocycles. The number of rotatable bonds is 12. The summed E-state index contributed by atoms with van der Waals surface area (Å²) in [5.41, 5.74) is 1.73. The SMILES string of the molecule is CCCCNC(=O)N(CC1CCCCC1)C1CCN(Cc2ccc(Oc3ccc(NS(C)(=O)=O)cc3)cc2)CC1. The number of anilines is 1. The maximum Gasteiger partial charge on any atom is 0.317 e. The molecule has 1 aliphatic carbocycles. The zero-order valence-electron chi connectivity index (χ0n) is 24.1. The van der Waals surface area contributed by atoms with Gasteiger partial charge in [0.15, 0.2) is 0 Å². The van der Waals surface area contributed by atoms with E-state index in [1.54, 1.807) is 24.3 Å². The minimum atomic E-state index is -3.30. The summed E-state index contributed by atoms with van der Waals surface area (Å²) >= 11 is 0. The fourth-order valence-corrected chi connectivity index (χ4v) is 6.33. The number of piperidine rings is 1. The predicted molar refractivity (Wildman–Crippen MR) is 161 cm³/mol. The molecule has 1 aliphatic heterocycles. The maximum absolute atomic E-state index is 13.2. The van der Waals surface area contributed by atoms with E-state index in [-0.39, 0.29) is 6.03 Å². The van der Waals surface area contributed by atoms with E-state index in [0.717, 1.165) is 70.4 Å². The Morgan fingerprint density at radius 1 is 0.950 bits per heavy atom. The molecule has 40 heavy (non-hydrogen) atoms. The van der Waals surface area contributed by atoms with E-state index in [4.69, 9.17) is 4.74 Å². The molecule has 2 amide bonds. The summed E-state index contributed by atoms with van der Waals surface area (Å²) in [7, 11) is -3.30. The second-order valence-electron chi connectivity index (χ2n) is 11.4. The van der Waals surface area contributed by atoms with Crippen molar-refractivity contribution in [3.8, 4) is 11.5 Å². The summed E-state index contributed by atoms with van der Waals surface area (Å²) < 4.78 is 31.1. The van der Waals surface area contributed by atoms with Crippen LogP contribution in [0.15, 0.2) is 48.5 Å². The Labute approximate surface area is 240 Å². The summed E-state index contributed by atoms with van der Waals surface area (Å²) in [5.74, 6) is 2.02. The van der Waals surface area contributed by atoms with Crippen LogP contribution in [-0.2, 0) is 16.6 Å². The Balaban J connectivity index is 1.26. The lowest BCUT2D eigenvalue weighted by molar-refractivity contribution is 0.102. The lowest BCUT2D eigenvalue weighted by Crippen LogP contribution is -2.52. The average molecular weight is 571 g/mol. The summed E-state index contributed by atoms with van der Waals surface area (Å²) in [6.07, 6.45) is 11.7. The summed E-state index contributed by atoms with van der Waals surface area (Å²) in [4.78, 5) is 17.8. The molecule has 1 saturated heterocycles. The minimum absolute atomic E-state index is 0.134. The van der Waals surface area contributed by atoms with Crippen LogP contribution in [0.5, 0.6) is 11.5 Å². The summed E-state index contributed by atoms with van der Waals surface area (Å²) in [5, 5.41) is 3.19. The third-order valence-corrected chi connectivity index (χ3v) is 8.57. The highest BCUT2D eigenvalue weighted by Crippen LogP contribution is 2.28. The molecule has 4 rings (SSSR count). The molecule has 0 atom stereocenters. The first-order chi connectivity index (χ1) is 19.3. The largest absolute Gasteiger partial charge is 0.457 e. The second kappa shape index (κ2) is 14.7. The van der Waals surface area contributed by atoms with E-state index in [2.05, 4.69) is 38.9 Å². The van der Waals surface area contributed by atoms with Crippen LogP contribution in [0.4, 0.5) is 10.5 Å². The van der Waals surface area contributed by atoms with Crippen LogP contribution >= 0.6 is 0 Å². The molecule has 220 valence electrons. The number of sulfonamides is 1. The molecule has 2 aromatic carbocycles. The molecule has 0 spiro atoms. The van der Waals surface area contributed by atoms with Gasteiger partial charge < -0.3 is 15.0 Å². The highest BCUT2D eigenvalue weighted by atomic mass is 32.2. The number of nitrogens with one attached hydrogen (secondary N) is 2. The van der Waals surface area contributed by atoms with E-state index >= 15 is 0 Å². The number of hydrogen-bond acceptors (Lipinski definition) is 5. The molecule has 1 heterocycles. The molecule has 0 unspecified atom stereocenters. The number of likely N-dealkylation sites (tertiary alicyclic amines) is 1. The zero-order valence-corrected chi connectivity index (χ0v) is 24.9. The third kappa shape index (κ3) is 9.70. The minimum Gasteiger partial charge on any atom is -0.457 e. The number of ether oxygens (including phenoxy) is 1. The standard InChI is InChI=1S/C31H46N4O4S/c1-3-4-20-32-31(36)35(24-25-8-6-5-7-9-25)28-18-21-34(22-19-28)23-26-10-14-29(15-11-26)39-30-16-12-27(13-17-30)33-40(2,37)38/h10-17,25,28,33H,3-9,18-24H2,1-2H3,(H,32,36). The van der Waals surface area contributed by atoms with Gasteiger partial charge in [0, 0.05) is 44.5 Å². The van der Waals surface area contributed by atoms with Crippen LogP contribution < -0.4 is 14.8 Å². The molecule has 0 radical (unpaired) electrons. The Morgan fingerprint density at radius 2 is 1.57 bits per heavy atom. The number of hydrogen-bond donors (Lipinski definition) is 2. The summed E-state index contributed by atoms with van der Waals surface area (Å²) in [6.45, 7) is 6.68. The molecular formula is C31H46N4O4S. The number of nitrogens with zero attached hydrogens (tertiary/aromatic N) is 2. The van der Waals surface area contributed by atoms with Crippen molar-refractivity contribution in [1.29, 1.82) is 0 Å². The quantitative estimate of drug-likeness (QED) is 0.296. The molecule has 9 heteroatoms. The Kier molecular flexibility index (Phi) is 11.1. The molecule has 2 aromatic rings. The predicted octanol–water partition coefficient (Wildman–Crippen LogP) is 6.21. The van der Waals surface area contributed by atoms with Gasteiger partial charge in [0.25, 0.3) is 0 Å². The number of carbonyl (C=O) groups excluding carboxylic acids is 1. The molecule has 0 aromatic heterocycles. The van der Waals surface area contributed by atoms with Crippen LogP contribution in [-0.4, -0.2) is 62.7 Å². The third-order valence-electron chi connectivity index (χ3n) is 7.97. The summed E-state index contributed by atoms with van der Waals surface area (Å²) in [6, 6.07) is 15.4. The van der Waals surface area contributed by atoms with Crippen LogP contribution in [0.25, 0.3) is 0 Å². The lowest BCUT2D eigenvalue weighted by atomic mass is 9.88. The van der Waals surface area contributed by atoms with Crippen LogP contribution in [0.3, 0.4) is 0 Å². The second-order valence-corrected chi connectivity index (χ2v) is 13.1. The first-order valence-electron chi connectivity index (χ1n) is 14.9. The van der Waals surface area contributed by atoms with E-state index in [1.165, 1.54) is 37.7 Å². The Hall–Kier alpha value is -2.78. The molecule has 2 N–H and O–H groups in total. The molecule has 0 bridgehead atoms. The van der Waals surface area contributed by atoms with Crippen molar-refractivity contribution in [3.05, 3.63) is 54.1 Å². The van der Waals surface area contributed by atoms with Gasteiger partial charge in [-0.05, 0) is 80.0 Å². The average Bonchev–Trinajstić information content (AvgIpc) is 2.94. The number of benzene rings is 2. The van der Waals surface area contributed by atoms with Crippen LogP contribution in [0, 0.1) is 5.92 Å². The Morgan fingerprint density at radius 3 is 2.17 bits per heavy atom. The Bertz CT molecular complexity index is 1160. The van der Waals surface area contributed by atoms with Gasteiger partial charge in [-0.25, -0.2) is 13.2 Å². The van der Waals surface area contributed by atoms with Crippen molar-refractivity contribution in [3.63, 3.8) is 0 Å². The van der Waals surface area contributed by atoms with E-state index < -0.39 is 10.0 Å². The highest BCUT2D eigenvalue weighted by Gasteiger charge is 2.30. The van der Waals surface area contributed by atoms with Crippen molar-refractivity contribution in [1.82, 2.24) is 15.1 Å². The smallest absolute Gasteiger partial charge is 0.317 e. The highest BCUT2D eigenvalue weighted by molar-refractivity contribution is 7.92. The van der Waals surface area contributed by atoms with Crippen molar-refractivity contribution >= 4 is 21.7 Å². The fraction of sp³-hybridized carbons (Fsp3) is 0.581. The normalized spacial score (nSPS) is 17.4. The number of urea groups is 1. The van der Waals surface area contributed by atoms with Crippen LogP contribution in [0.2, 0.25) is 0 Å². The van der Waals surface area contributed by atoms with Gasteiger partial charge in [-0.3, -0.25) is 9.62 Å². The fourth-order valence-electron chi connectivity index (χ4n) is 5.77. The molecule has 8 nitrogen and oxygen atoms in total. The van der Waals surface area contributed by atoms with Gasteiger partial charge >= 0.3 is 6.03 Å². The number of unbranched alkanes of at least 4 members (excludes halogenated alkanes) is 1. The van der Waals surface area contributed by atoms with Crippen molar-refractivity contribution in [2.45, 2.75) is 77.3 Å². The number of amides is 2. The van der Waals surface area contributed by atoms with E-state index in [0.29, 0.717) is 23.4 Å². The van der Waals surface area contributed by atoms with Gasteiger partial charge in [0.2, 0.25) is 10.0 Å². The molecular weight excluding hydrogens is 524 g/mol. The maximum atomic E-state index is 13.2. The van der Waals surface area contributed by atoms with Gasteiger partial charge in [0.05, 0.1) is 6.26 Å². The van der Waals surface area contributed by atoms with E-state index in [9.17, 15) is 13.2 Å². The van der Waals surface area contributed by atoms with Gasteiger partial charge in [-0.15, -0.1) is 0 Å². The van der Waals surface area contributed by atoms with Gasteiger partial charge in [0.1, 0.15) is 11.5 Å². The van der Waals surface area contributed by atoms with Crippen molar-refractivity contribution in [2.75, 3.05) is 37.2 Å². The first kappa shape index (κ1) is 30.2. The molecule has 2 aliphatic rings. The lowest BCUT2D eigenvalue weighted by Gasteiger charge is -2.40.